The molecule has 1 N–H and O–H groups in total. The van der Waals surface area contributed by atoms with E-state index in [-0.39, 0.29) is 35.0 Å². The van der Waals surface area contributed by atoms with Crippen LogP contribution in [-0.4, -0.2) is 39.7 Å². The second kappa shape index (κ2) is 7.47. The summed E-state index contributed by atoms with van der Waals surface area (Å²) >= 11 is 4.05. The van der Waals surface area contributed by atoms with Crippen molar-refractivity contribution in [2.24, 2.45) is 34.5 Å². The molecule has 0 aromatic heterocycles. The van der Waals surface area contributed by atoms with Crippen molar-refractivity contribution in [2.75, 3.05) is 0 Å². The SMILES string of the molecule is CC(=O)O[C@H]1C[C@@H](C)[C@]2(C)[C@H]3CC[C@]4(C)[C@@H](OC(C)=O)CC[C@H]4[C@@H]3C[C@@H](O)[C@@]2(Br)C1. The highest BCUT2D eigenvalue weighted by molar-refractivity contribution is 9.10. The van der Waals surface area contributed by atoms with E-state index in [0.29, 0.717) is 30.1 Å². The van der Waals surface area contributed by atoms with Gasteiger partial charge in [-0.2, -0.15) is 0 Å². The molecule has 10 atom stereocenters. The number of halogens is 1. The van der Waals surface area contributed by atoms with Crippen molar-refractivity contribution in [1.29, 1.82) is 0 Å². The van der Waals surface area contributed by atoms with Gasteiger partial charge in [0.2, 0.25) is 0 Å². The van der Waals surface area contributed by atoms with E-state index < -0.39 is 10.4 Å². The highest BCUT2D eigenvalue weighted by atomic mass is 79.9. The van der Waals surface area contributed by atoms with Crippen molar-refractivity contribution < 1.29 is 24.2 Å². The highest BCUT2D eigenvalue weighted by Gasteiger charge is 2.69. The molecule has 4 rings (SSSR count). The van der Waals surface area contributed by atoms with Gasteiger partial charge in [0, 0.05) is 25.7 Å². The lowest BCUT2D eigenvalue weighted by atomic mass is 9.42. The molecule has 4 saturated carbocycles. The summed E-state index contributed by atoms with van der Waals surface area (Å²) in [6, 6.07) is 0. The number of aliphatic hydroxyl groups is 1. The van der Waals surface area contributed by atoms with E-state index in [1.165, 1.54) is 13.8 Å². The number of esters is 2. The number of ether oxygens (including phenoxy) is 2. The minimum atomic E-state index is -0.486. The lowest BCUT2D eigenvalue weighted by molar-refractivity contribution is -0.189. The third-order valence-electron chi connectivity index (χ3n) is 9.85. The van der Waals surface area contributed by atoms with Crippen molar-refractivity contribution in [3.8, 4) is 0 Å². The van der Waals surface area contributed by atoms with Crippen LogP contribution in [0.1, 0.15) is 79.6 Å². The van der Waals surface area contributed by atoms with Gasteiger partial charge in [0.15, 0.2) is 0 Å². The Labute approximate surface area is 188 Å². The van der Waals surface area contributed by atoms with Crippen molar-refractivity contribution in [2.45, 2.75) is 102 Å². The van der Waals surface area contributed by atoms with Crippen molar-refractivity contribution >= 4 is 27.9 Å². The number of rotatable bonds is 2. The predicted octanol–water partition coefficient (Wildman–Crippen LogP) is 4.63. The van der Waals surface area contributed by atoms with E-state index in [2.05, 4.69) is 36.7 Å². The van der Waals surface area contributed by atoms with E-state index in [4.69, 9.17) is 9.47 Å². The van der Waals surface area contributed by atoms with Gasteiger partial charge in [-0.25, -0.2) is 0 Å². The van der Waals surface area contributed by atoms with Crippen LogP contribution in [0.3, 0.4) is 0 Å². The van der Waals surface area contributed by atoms with Crippen LogP contribution in [0.2, 0.25) is 0 Å². The van der Waals surface area contributed by atoms with Crippen LogP contribution in [0.4, 0.5) is 0 Å². The average Bonchev–Trinajstić information content (AvgIpc) is 2.94. The topological polar surface area (TPSA) is 72.8 Å². The molecule has 0 amide bonds. The van der Waals surface area contributed by atoms with Crippen LogP contribution < -0.4 is 0 Å². The first-order valence-electron chi connectivity index (χ1n) is 11.6. The standard InChI is InChI=1S/C24H37BrO5/c1-13-10-16(29-14(2)26)12-24(25)20(28)11-17-18-6-7-21(30-15(3)27)22(18,4)9-8-19(17)23(13,24)5/h13,16-21,28H,6-12H2,1-5H3/t13-,16+,17+,18+,19+,20-,21+,22+,23-,24+/m1/s1. The van der Waals surface area contributed by atoms with E-state index in [0.717, 1.165) is 38.5 Å². The van der Waals surface area contributed by atoms with Gasteiger partial charge in [0.05, 0.1) is 10.4 Å². The van der Waals surface area contributed by atoms with Gasteiger partial charge in [0.25, 0.3) is 0 Å². The Bertz CT molecular complexity index is 726. The van der Waals surface area contributed by atoms with Gasteiger partial charge < -0.3 is 14.6 Å². The van der Waals surface area contributed by atoms with E-state index in [1.807, 2.05) is 0 Å². The first-order chi connectivity index (χ1) is 13.9. The molecular formula is C24H37BrO5. The highest BCUT2D eigenvalue weighted by Crippen LogP contribution is 2.70. The number of fused-ring (bicyclic) bond motifs is 5. The summed E-state index contributed by atoms with van der Waals surface area (Å²) in [5.41, 5.74) is -0.0692. The molecule has 170 valence electrons. The van der Waals surface area contributed by atoms with Gasteiger partial charge in [-0.3, -0.25) is 9.59 Å². The number of carbonyl (C=O) groups excluding carboxylic acids is 2. The average molecular weight is 485 g/mol. The number of hydrogen-bond acceptors (Lipinski definition) is 5. The quantitative estimate of drug-likeness (QED) is 0.456. The van der Waals surface area contributed by atoms with Gasteiger partial charge in [-0.05, 0) is 67.6 Å². The summed E-state index contributed by atoms with van der Waals surface area (Å²) in [6.45, 7) is 9.91. The Hall–Kier alpha value is -0.620. The van der Waals surface area contributed by atoms with Gasteiger partial charge >= 0.3 is 11.9 Å². The Balaban J connectivity index is 1.65. The molecule has 6 heteroatoms. The zero-order chi connectivity index (χ0) is 22.1. The fourth-order valence-corrected chi connectivity index (χ4v) is 9.56. The Morgan fingerprint density at radius 1 is 1.00 bits per heavy atom. The molecule has 0 heterocycles. The summed E-state index contributed by atoms with van der Waals surface area (Å²) < 4.78 is 10.9. The fraction of sp³-hybridized carbons (Fsp3) is 0.917. The fourth-order valence-electron chi connectivity index (χ4n) is 8.33. The number of aliphatic hydroxyl groups excluding tert-OH is 1. The minimum Gasteiger partial charge on any atom is -0.462 e. The first-order valence-corrected chi connectivity index (χ1v) is 12.4. The Morgan fingerprint density at radius 3 is 2.30 bits per heavy atom. The molecule has 5 nitrogen and oxygen atoms in total. The van der Waals surface area contributed by atoms with E-state index in [1.54, 1.807) is 0 Å². The third-order valence-corrected chi connectivity index (χ3v) is 11.6. The normalized spacial score (nSPS) is 52.6. The smallest absolute Gasteiger partial charge is 0.302 e. The molecule has 0 spiro atoms. The monoisotopic (exact) mass is 484 g/mol. The maximum absolute atomic E-state index is 11.7. The van der Waals surface area contributed by atoms with Crippen LogP contribution in [0.5, 0.6) is 0 Å². The molecule has 4 aliphatic carbocycles. The predicted molar refractivity (Wildman–Crippen MR) is 117 cm³/mol. The molecular weight excluding hydrogens is 448 g/mol. The van der Waals surface area contributed by atoms with Gasteiger partial charge in [0.1, 0.15) is 12.2 Å². The molecule has 0 saturated heterocycles. The van der Waals surface area contributed by atoms with Crippen molar-refractivity contribution in [3.63, 3.8) is 0 Å². The Morgan fingerprint density at radius 2 is 1.67 bits per heavy atom. The van der Waals surface area contributed by atoms with Crippen LogP contribution in [0.25, 0.3) is 0 Å². The van der Waals surface area contributed by atoms with Crippen molar-refractivity contribution in [1.82, 2.24) is 0 Å². The second-order valence-electron chi connectivity index (χ2n) is 11.1. The summed E-state index contributed by atoms with van der Waals surface area (Å²) in [6.07, 6.45) is 5.78. The zero-order valence-corrected chi connectivity index (χ0v) is 20.5. The van der Waals surface area contributed by atoms with Crippen LogP contribution in [0, 0.1) is 34.5 Å². The van der Waals surface area contributed by atoms with Crippen LogP contribution in [0.15, 0.2) is 0 Å². The lowest BCUT2D eigenvalue weighted by Gasteiger charge is -2.67. The summed E-state index contributed by atoms with van der Waals surface area (Å²) in [5.74, 6) is 1.31. The van der Waals surface area contributed by atoms with E-state index >= 15 is 0 Å². The maximum Gasteiger partial charge on any atom is 0.302 e. The number of alkyl halides is 1. The van der Waals surface area contributed by atoms with Crippen molar-refractivity contribution in [3.05, 3.63) is 0 Å². The molecule has 4 fully saturated rings. The maximum atomic E-state index is 11.7. The first kappa shape index (κ1) is 22.6. The zero-order valence-electron chi connectivity index (χ0n) is 18.9. The number of hydrogen-bond donors (Lipinski definition) is 1. The molecule has 0 unspecified atom stereocenters. The lowest BCUT2D eigenvalue weighted by Crippen LogP contribution is -2.68. The van der Waals surface area contributed by atoms with Crippen LogP contribution >= 0.6 is 15.9 Å². The molecule has 0 aromatic rings. The molecule has 4 aliphatic rings. The molecule has 30 heavy (non-hydrogen) atoms. The number of carbonyl (C=O) groups is 2. The van der Waals surface area contributed by atoms with Gasteiger partial charge in [-0.15, -0.1) is 0 Å². The minimum absolute atomic E-state index is 0.00122. The van der Waals surface area contributed by atoms with Crippen LogP contribution in [-0.2, 0) is 19.1 Å². The second-order valence-corrected chi connectivity index (χ2v) is 12.5. The molecule has 0 aliphatic heterocycles. The summed E-state index contributed by atoms with van der Waals surface area (Å²) in [4.78, 5) is 23.3. The summed E-state index contributed by atoms with van der Waals surface area (Å²) in [7, 11) is 0. The molecule has 0 radical (unpaired) electrons. The molecule has 0 bridgehead atoms. The third kappa shape index (κ3) is 3.10. The Kier molecular flexibility index (Phi) is 5.62. The molecule has 0 aromatic carbocycles. The van der Waals surface area contributed by atoms with Gasteiger partial charge in [-0.1, -0.05) is 36.7 Å². The largest absolute Gasteiger partial charge is 0.462 e. The van der Waals surface area contributed by atoms with E-state index in [9.17, 15) is 14.7 Å². The summed E-state index contributed by atoms with van der Waals surface area (Å²) in [5, 5.41) is 11.5.